The van der Waals surface area contributed by atoms with E-state index in [1.165, 1.54) is 19.3 Å². The molecule has 0 bridgehead atoms. The Hall–Kier alpha value is -0.0800. The molecular weight excluding hydrogens is 200 g/mol. The lowest BCUT2D eigenvalue weighted by Crippen LogP contribution is -2.27. The summed E-state index contributed by atoms with van der Waals surface area (Å²) < 4.78 is 5.91. The first-order valence-electron chi connectivity index (χ1n) is 6.90. The highest BCUT2D eigenvalue weighted by atomic mass is 16.5. The van der Waals surface area contributed by atoms with Gasteiger partial charge in [-0.05, 0) is 32.6 Å². The van der Waals surface area contributed by atoms with E-state index >= 15 is 0 Å². The van der Waals surface area contributed by atoms with Crippen LogP contribution >= 0.6 is 0 Å². The van der Waals surface area contributed by atoms with Gasteiger partial charge in [-0.25, -0.2) is 5.11 Å². The summed E-state index contributed by atoms with van der Waals surface area (Å²) in [6.45, 7) is 7.55. The van der Waals surface area contributed by atoms with E-state index in [0.717, 1.165) is 38.7 Å². The van der Waals surface area contributed by atoms with Gasteiger partial charge in [0.1, 0.15) is 0 Å². The van der Waals surface area contributed by atoms with Gasteiger partial charge in [-0.1, -0.05) is 39.5 Å². The van der Waals surface area contributed by atoms with Crippen LogP contribution in [0, 0.1) is 0 Å². The fourth-order valence-corrected chi connectivity index (χ4v) is 1.68. The molecule has 0 spiro atoms. The monoisotopic (exact) mass is 229 g/mol. The van der Waals surface area contributed by atoms with Crippen molar-refractivity contribution in [2.24, 2.45) is 0 Å². The number of unbranched alkanes of at least 4 members (excludes halogenated alkanes) is 5. The van der Waals surface area contributed by atoms with E-state index < -0.39 is 0 Å². The van der Waals surface area contributed by atoms with E-state index in [-0.39, 0.29) is 12.2 Å². The largest absolute Gasteiger partial charge is 0.375 e. The van der Waals surface area contributed by atoms with Crippen LogP contribution in [-0.4, -0.2) is 18.8 Å². The van der Waals surface area contributed by atoms with Crippen LogP contribution in [0.5, 0.6) is 0 Å². The van der Waals surface area contributed by atoms with E-state index in [0.29, 0.717) is 0 Å². The summed E-state index contributed by atoms with van der Waals surface area (Å²) >= 11 is 0. The van der Waals surface area contributed by atoms with Gasteiger partial charge in [0.05, 0.1) is 12.2 Å². The number of rotatable bonds is 11. The highest BCUT2D eigenvalue weighted by Crippen LogP contribution is 2.19. The normalized spacial score (nSPS) is 12.0. The lowest BCUT2D eigenvalue weighted by atomic mass is 10.0. The minimum Gasteiger partial charge on any atom is -0.375 e. The maximum Gasteiger partial charge on any atom is 0.0822 e. The molecule has 1 radical (unpaired) electrons. The van der Waals surface area contributed by atoms with Crippen LogP contribution in [0.25, 0.3) is 0 Å². The average Bonchev–Trinajstić information content (AvgIpc) is 2.32. The minimum absolute atomic E-state index is 0.0859. The van der Waals surface area contributed by atoms with Gasteiger partial charge in [-0.3, -0.25) is 0 Å². The molecule has 0 amide bonds. The minimum atomic E-state index is 0.0859. The van der Waals surface area contributed by atoms with Crippen LogP contribution in [0.4, 0.5) is 0 Å². The van der Waals surface area contributed by atoms with Gasteiger partial charge in [0.15, 0.2) is 0 Å². The van der Waals surface area contributed by atoms with E-state index in [1.807, 2.05) is 0 Å². The van der Waals surface area contributed by atoms with Crippen LogP contribution in [0.2, 0.25) is 0 Å². The third-order valence-electron chi connectivity index (χ3n) is 3.48. The van der Waals surface area contributed by atoms with Crippen molar-refractivity contribution in [3.8, 4) is 0 Å². The number of ether oxygens (including phenoxy) is 1. The van der Waals surface area contributed by atoms with Gasteiger partial charge >= 0.3 is 0 Å². The Balaban J connectivity index is 3.26. The maximum atomic E-state index is 10.2. The Kier molecular flexibility index (Phi) is 10.0. The summed E-state index contributed by atoms with van der Waals surface area (Å²) in [5.74, 6) is 0. The van der Waals surface area contributed by atoms with Crippen molar-refractivity contribution >= 4 is 0 Å². The quantitative estimate of drug-likeness (QED) is 0.484. The lowest BCUT2D eigenvalue weighted by Gasteiger charge is -2.27. The van der Waals surface area contributed by atoms with Gasteiger partial charge in [0, 0.05) is 6.61 Å². The Morgan fingerprint density at radius 3 is 1.88 bits per heavy atom. The molecule has 0 saturated heterocycles. The maximum absolute atomic E-state index is 10.2. The molecule has 0 N–H and O–H groups in total. The van der Waals surface area contributed by atoms with Crippen LogP contribution in [0.1, 0.15) is 72.1 Å². The van der Waals surface area contributed by atoms with E-state index in [9.17, 15) is 5.11 Å². The molecule has 0 saturated carbocycles. The zero-order valence-electron chi connectivity index (χ0n) is 11.4. The Bertz CT molecular complexity index is 142. The second-order valence-corrected chi connectivity index (χ2v) is 4.83. The molecule has 0 atom stereocenters. The molecule has 0 unspecified atom stereocenters. The first kappa shape index (κ1) is 15.9. The molecule has 0 aliphatic heterocycles. The van der Waals surface area contributed by atoms with Gasteiger partial charge < -0.3 is 4.74 Å². The predicted octanol–water partition coefficient (Wildman–Crippen LogP) is 4.35. The molecule has 97 valence electrons. The summed E-state index contributed by atoms with van der Waals surface area (Å²) in [6.07, 6.45) is 8.99. The molecule has 0 aromatic carbocycles. The smallest absolute Gasteiger partial charge is 0.0822 e. The zero-order chi connectivity index (χ0) is 12.3. The first-order valence-corrected chi connectivity index (χ1v) is 6.90. The third kappa shape index (κ3) is 8.12. The summed E-state index contributed by atoms with van der Waals surface area (Å²) in [7, 11) is 0. The average molecular weight is 229 g/mol. The molecule has 0 fully saturated rings. The van der Waals surface area contributed by atoms with Crippen molar-refractivity contribution in [2.75, 3.05) is 13.2 Å². The third-order valence-corrected chi connectivity index (χ3v) is 3.48. The van der Waals surface area contributed by atoms with Crippen LogP contribution in [-0.2, 0) is 9.84 Å². The summed E-state index contributed by atoms with van der Waals surface area (Å²) in [5.41, 5.74) is 0.0859. The molecule has 0 aliphatic carbocycles. The Labute approximate surface area is 101 Å². The van der Waals surface area contributed by atoms with Crippen LogP contribution in [0.15, 0.2) is 0 Å². The fraction of sp³-hybridized carbons (Fsp3) is 1.00. The topological polar surface area (TPSA) is 29.1 Å². The Morgan fingerprint density at radius 1 is 0.875 bits per heavy atom. The van der Waals surface area contributed by atoms with Crippen molar-refractivity contribution in [2.45, 2.75) is 77.7 Å². The molecular formula is C14H29O2. The lowest BCUT2D eigenvalue weighted by molar-refractivity contribution is -0.0386. The molecule has 2 heteroatoms. The summed E-state index contributed by atoms with van der Waals surface area (Å²) in [6, 6.07) is 0. The molecule has 0 rings (SSSR count). The molecule has 0 aromatic heterocycles. The predicted molar refractivity (Wildman–Crippen MR) is 68.2 cm³/mol. The molecule has 2 nitrogen and oxygen atoms in total. The highest BCUT2D eigenvalue weighted by Gasteiger charge is 2.19. The van der Waals surface area contributed by atoms with Crippen LogP contribution in [0.3, 0.4) is 0 Å². The number of hydrogen-bond donors (Lipinski definition) is 0. The first-order chi connectivity index (χ1) is 7.68. The van der Waals surface area contributed by atoms with Crippen LogP contribution < -0.4 is 0 Å². The second-order valence-electron chi connectivity index (χ2n) is 4.83. The standard InChI is InChI=1S/C14H29O2/c1-4-14(3,5-2)16-13-11-9-7-6-8-10-12-15/h4-13H2,1-3H3. The second kappa shape index (κ2) is 10.1. The molecule has 0 aliphatic rings. The fourth-order valence-electron chi connectivity index (χ4n) is 1.68. The van der Waals surface area contributed by atoms with Gasteiger partial charge in [-0.15, -0.1) is 0 Å². The van der Waals surface area contributed by atoms with E-state index in [2.05, 4.69) is 20.8 Å². The van der Waals surface area contributed by atoms with E-state index in [4.69, 9.17) is 4.74 Å². The molecule has 0 aromatic rings. The van der Waals surface area contributed by atoms with Crippen molar-refractivity contribution in [1.82, 2.24) is 0 Å². The molecule has 16 heavy (non-hydrogen) atoms. The summed E-state index contributed by atoms with van der Waals surface area (Å²) in [4.78, 5) is 0. The van der Waals surface area contributed by atoms with E-state index in [1.54, 1.807) is 0 Å². The van der Waals surface area contributed by atoms with Gasteiger partial charge in [-0.2, -0.15) is 0 Å². The summed E-state index contributed by atoms with van der Waals surface area (Å²) in [5, 5.41) is 10.2. The molecule has 0 heterocycles. The van der Waals surface area contributed by atoms with Gasteiger partial charge in [0.25, 0.3) is 0 Å². The van der Waals surface area contributed by atoms with Crippen molar-refractivity contribution in [1.29, 1.82) is 0 Å². The van der Waals surface area contributed by atoms with Crippen molar-refractivity contribution in [3.63, 3.8) is 0 Å². The van der Waals surface area contributed by atoms with Crippen molar-refractivity contribution in [3.05, 3.63) is 0 Å². The highest BCUT2D eigenvalue weighted by molar-refractivity contribution is 4.70. The van der Waals surface area contributed by atoms with Crippen molar-refractivity contribution < 1.29 is 9.84 Å². The number of hydrogen-bond acceptors (Lipinski definition) is 1. The zero-order valence-corrected chi connectivity index (χ0v) is 11.4. The van der Waals surface area contributed by atoms with Gasteiger partial charge in [0.2, 0.25) is 0 Å². The SMILES string of the molecule is CCC(C)(CC)OCCCCCCCC[O]. The Morgan fingerprint density at radius 2 is 1.38 bits per heavy atom.